The van der Waals surface area contributed by atoms with Crippen molar-refractivity contribution in [3.05, 3.63) is 99.0 Å². The molecule has 0 saturated heterocycles. The van der Waals surface area contributed by atoms with Crippen molar-refractivity contribution in [2.45, 2.75) is 52.9 Å². The zero-order valence-electron chi connectivity index (χ0n) is 22.2. The summed E-state index contributed by atoms with van der Waals surface area (Å²) in [5, 5.41) is 13.6. The van der Waals surface area contributed by atoms with Crippen LogP contribution in [0.4, 0.5) is 0 Å². The number of rotatable bonds is 9. The van der Waals surface area contributed by atoms with Gasteiger partial charge in [0, 0.05) is 18.7 Å². The Bertz CT molecular complexity index is 1670. The summed E-state index contributed by atoms with van der Waals surface area (Å²) in [6, 6.07) is 15.6. The van der Waals surface area contributed by atoms with Gasteiger partial charge in [-0.1, -0.05) is 25.1 Å². The number of hydrogen-bond donors (Lipinski definition) is 1. The van der Waals surface area contributed by atoms with E-state index in [9.17, 15) is 4.79 Å². The van der Waals surface area contributed by atoms with Crippen LogP contribution < -0.4 is 15.0 Å². The highest BCUT2D eigenvalue weighted by molar-refractivity contribution is 5.83. The Labute approximate surface area is 225 Å². The molecule has 0 spiro atoms. The highest BCUT2D eigenvalue weighted by atomic mass is 16.7. The van der Waals surface area contributed by atoms with Crippen molar-refractivity contribution in [2.75, 3.05) is 6.79 Å². The molecule has 200 valence electrons. The smallest absolute Gasteiger partial charge is 0.252 e. The Kier molecular flexibility index (Phi) is 6.62. The number of benzene rings is 2. The number of fused-ring (bicyclic) bond motifs is 2. The van der Waals surface area contributed by atoms with E-state index in [1.807, 2.05) is 50.2 Å². The monoisotopic (exact) mass is 526 g/mol. The van der Waals surface area contributed by atoms with Crippen molar-refractivity contribution < 1.29 is 13.9 Å². The van der Waals surface area contributed by atoms with E-state index < -0.39 is 0 Å². The number of H-pyrrole nitrogens is 1. The normalized spacial score (nSPS) is 13.4. The van der Waals surface area contributed by atoms with E-state index in [0.717, 1.165) is 51.3 Å². The molecule has 0 saturated carbocycles. The van der Waals surface area contributed by atoms with Gasteiger partial charge in [0.1, 0.15) is 12.3 Å². The lowest BCUT2D eigenvalue weighted by Crippen LogP contribution is -2.32. The first-order valence-electron chi connectivity index (χ1n) is 13.0. The number of hydrogen-bond acceptors (Lipinski definition) is 8. The lowest BCUT2D eigenvalue weighted by Gasteiger charge is -2.30. The van der Waals surface area contributed by atoms with Crippen LogP contribution in [0.25, 0.3) is 10.9 Å². The molecule has 0 aliphatic carbocycles. The molecule has 1 N–H and O–H groups in total. The first-order chi connectivity index (χ1) is 19.0. The topological polar surface area (TPSA) is 111 Å². The van der Waals surface area contributed by atoms with Gasteiger partial charge >= 0.3 is 0 Å². The van der Waals surface area contributed by atoms with Crippen LogP contribution in [0.15, 0.2) is 64.0 Å². The zero-order valence-corrected chi connectivity index (χ0v) is 22.2. The molecule has 0 amide bonds. The van der Waals surface area contributed by atoms with E-state index in [0.29, 0.717) is 31.0 Å². The van der Waals surface area contributed by atoms with Gasteiger partial charge in [0.2, 0.25) is 6.79 Å². The maximum atomic E-state index is 13.3. The van der Waals surface area contributed by atoms with Crippen molar-refractivity contribution in [1.82, 2.24) is 30.1 Å². The molecular formula is C29H30N6O4. The van der Waals surface area contributed by atoms with Gasteiger partial charge in [-0.2, -0.15) is 0 Å². The van der Waals surface area contributed by atoms with E-state index in [-0.39, 0.29) is 18.4 Å². The standard InChI is InChI=1S/C29H30N6O4/c1-4-24(28-31-32-33-35(28)16-23-6-5-11-37-23)34(14-20-8-10-25-26(12-20)39-17-38-25)15-22-13-21-9-7-18(2)19(3)27(21)30-29(22)36/h5-13,24H,4,14-17H2,1-3H3,(H,30,36)/t24-/m1/s1. The Hall–Kier alpha value is -4.44. The Morgan fingerprint density at radius 3 is 2.77 bits per heavy atom. The molecule has 5 aromatic rings. The third-order valence-electron chi connectivity index (χ3n) is 7.39. The molecule has 0 unspecified atom stereocenters. The largest absolute Gasteiger partial charge is 0.467 e. The van der Waals surface area contributed by atoms with Gasteiger partial charge in [0.05, 0.1) is 17.8 Å². The molecule has 1 atom stereocenters. The fourth-order valence-electron chi connectivity index (χ4n) is 5.17. The summed E-state index contributed by atoms with van der Waals surface area (Å²) in [6.07, 6.45) is 2.37. The fourth-order valence-corrected chi connectivity index (χ4v) is 5.17. The summed E-state index contributed by atoms with van der Waals surface area (Å²) in [5.41, 5.74) is 4.71. The van der Waals surface area contributed by atoms with E-state index in [2.05, 4.69) is 44.5 Å². The number of tetrazole rings is 1. The minimum absolute atomic E-state index is 0.100. The minimum atomic E-state index is -0.171. The first-order valence-corrected chi connectivity index (χ1v) is 13.0. The molecular weight excluding hydrogens is 496 g/mol. The number of furan rings is 1. The van der Waals surface area contributed by atoms with Gasteiger partial charge < -0.3 is 18.9 Å². The second kappa shape index (κ2) is 10.4. The molecule has 10 heteroatoms. The summed E-state index contributed by atoms with van der Waals surface area (Å²) in [7, 11) is 0. The van der Waals surface area contributed by atoms with Gasteiger partial charge in [-0.05, 0) is 83.1 Å². The van der Waals surface area contributed by atoms with Crippen molar-refractivity contribution >= 4 is 10.9 Å². The molecule has 1 aliphatic rings. The van der Waals surface area contributed by atoms with Crippen molar-refractivity contribution in [3.63, 3.8) is 0 Å². The number of pyridine rings is 1. The zero-order chi connectivity index (χ0) is 26.9. The number of aromatic amines is 1. The van der Waals surface area contributed by atoms with Crippen LogP contribution in [0, 0.1) is 13.8 Å². The first kappa shape index (κ1) is 24.9. The number of nitrogens with one attached hydrogen (secondary N) is 1. The molecule has 10 nitrogen and oxygen atoms in total. The molecule has 1 aliphatic heterocycles. The van der Waals surface area contributed by atoms with Crippen LogP contribution in [0.2, 0.25) is 0 Å². The second-order valence-electron chi connectivity index (χ2n) is 9.89. The predicted molar refractivity (Wildman–Crippen MR) is 145 cm³/mol. The van der Waals surface area contributed by atoms with Crippen molar-refractivity contribution in [3.8, 4) is 11.5 Å². The Balaban J connectivity index is 1.38. The Morgan fingerprint density at radius 1 is 1.08 bits per heavy atom. The quantitative estimate of drug-likeness (QED) is 0.295. The second-order valence-corrected chi connectivity index (χ2v) is 9.89. The van der Waals surface area contributed by atoms with E-state index >= 15 is 0 Å². The van der Waals surface area contributed by atoms with Crippen LogP contribution in [-0.2, 0) is 19.6 Å². The molecule has 0 radical (unpaired) electrons. The van der Waals surface area contributed by atoms with Crippen LogP contribution >= 0.6 is 0 Å². The van der Waals surface area contributed by atoms with Crippen LogP contribution in [0.5, 0.6) is 11.5 Å². The number of nitrogens with zero attached hydrogens (tertiary/aromatic N) is 5. The Morgan fingerprint density at radius 2 is 1.95 bits per heavy atom. The molecule has 4 heterocycles. The van der Waals surface area contributed by atoms with Crippen molar-refractivity contribution in [2.24, 2.45) is 0 Å². The molecule has 0 fully saturated rings. The van der Waals surface area contributed by atoms with E-state index in [1.54, 1.807) is 10.9 Å². The van der Waals surface area contributed by atoms with Crippen LogP contribution in [-0.4, -0.2) is 36.9 Å². The minimum Gasteiger partial charge on any atom is -0.467 e. The highest BCUT2D eigenvalue weighted by Gasteiger charge is 2.27. The summed E-state index contributed by atoms with van der Waals surface area (Å²) in [4.78, 5) is 18.7. The summed E-state index contributed by atoms with van der Waals surface area (Å²) < 4.78 is 18.4. The van der Waals surface area contributed by atoms with E-state index in [1.165, 1.54) is 0 Å². The predicted octanol–water partition coefficient (Wildman–Crippen LogP) is 4.65. The number of aryl methyl sites for hydroxylation is 2. The summed E-state index contributed by atoms with van der Waals surface area (Å²) in [5.74, 6) is 2.92. The SMILES string of the molecule is CC[C@H](c1nnnn1Cc1ccco1)N(Cc1ccc2c(c1)OCO2)Cc1cc2ccc(C)c(C)c2[nH]c1=O. The summed E-state index contributed by atoms with van der Waals surface area (Å²) in [6.45, 7) is 7.76. The summed E-state index contributed by atoms with van der Waals surface area (Å²) >= 11 is 0. The fraction of sp³-hybridized carbons (Fsp3) is 0.310. The van der Waals surface area contributed by atoms with Gasteiger partial charge in [-0.3, -0.25) is 9.69 Å². The maximum Gasteiger partial charge on any atom is 0.252 e. The van der Waals surface area contributed by atoms with E-state index in [4.69, 9.17) is 13.9 Å². The van der Waals surface area contributed by atoms with Crippen molar-refractivity contribution in [1.29, 1.82) is 0 Å². The lowest BCUT2D eigenvalue weighted by molar-refractivity contribution is 0.160. The number of aromatic nitrogens is 5. The average Bonchev–Trinajstić information content (AvgIpc) is 3.71. The third kappa shape index (κ3) is 4.90. The molecule has 3 aromatic heterocycles. The molecule has 6 rings (SSSR count). The van der Waals surface area contributed by atoms with Crippen LogP contribution in [0.3, 0.4) is 0 Å². The van der Waals surface area contributed by atoms with Gasteiger partial charge in [-0.25, -0.2) is 4.68 Å². The molecule has 39 heavy (non-hydrogen) atoms. The molecule has 0 bridgehead atoms. The van der Waals surface area contributed by atoms with Gasteiger partial charge in [0.25, 0.3) is 5.56 Å². The van der Waals surface area contributed by atoms with Gasteiger partial charge in [-0.15, -0.1) is 5.10 Å². The third-order valence-corrected chi connectivity index (χ3v) is 7.39. The van der Waals surface area contributed by atoms with Gasteiger partial charge in [0.15, 0.2) is 17.3 Å². The molecule has 2 aromatic carbocycles. The van der Waals surface area contributed by atoms with Crippen LogP contribution in [0.1, 0.15) is 53.2 Å². The lowest BCUT2D eigenvalue weighted by atomic mass is 10.0. The maximum absolute atomic E-state index is 13.3. The highest BCUT2D eigenvalue weighted by Crippen LogP contribution is 2.34. The average molecular weight is 527 g/mol. The number of ether oxygens (including phenoxy) is 2.